The van der Waals surface area contributed by atoms with Gasteiger partial charge >= 0.3 is 5.97 Å². The van der Waals surface area contributed by atoms with E-state index >= 15 is 4.39 Å². The van der Waals surface area contributed by atoms with E-state index in [2.05, 4.69) is 4.98 Å². The van der Waals surface area contributed by atoms with Gasteiger partial charge in [0.25, 0.3) is 0 Å². The number of nitrogens with zero attached hydrogens (tertiary/aromatic N) is 1. The number of ether oxygens (including phenoxy) is 3. The average Bonchev–Trinajstić information content (AvgIpc) is 3.28. The number of alkyl halides is 1. The fraction of sp³-hybridized carbons (Fsp3) is 0.654. The fourth-order valence-electron chi connectivity index (χ4n) is 4.77. The molecule has 0 amide bonds. The van der Waals surface area contributed by atoms with Crippen molar-refractivity contribution in [2.24, 2.45) is 11.3 Å². The summed E-state index contributed by atoms with van der Waals surface area (Å²) in [6.07, 6.45) is -5.49. The zero-order chi connectivity index (χ0) is 26.4. The van der Waals surface area contributed by atoms with E-state index in [-0.39, 0.29) is 19.4 Å². The van der Waals surface area contributed by atoms with E-state index in [0.29, 0.717) is 22.6 Å². The molecule has 0 bridgehead atoms. The SMILES string of the molecule is Cc1nc2cc(C3CC4OC4(F)CCOC(C)C(O)C(C)C(=O)C(C)(C)C(O)CC(=O)O3)ccc2o1. The van der Waals surface area contributed by atoms with Crippen molar-refractivity contribution in [2.45, 2.75) is 90.3 Å². The highest BCUT2D eigenvalue weighted by Crippen LogP contribution is 2.47. The summed E-state index contributed by atoms with van der Waals surface area (Å²) >= 11 is 0. The maximum absolute atomic E-state index is 15.2. The third kappa shape index (κ3) is 5.32. The largest absolute Gasteiger partial charge is 0.457 e. The van der Waals surface area contributed by atoms with Crippen LogP contribution >= 0.6 is 0 Å². The van der Waals surface area contributed by atoms with Gasteiger partial charge in [-0.25, -0.2) is 9.37 Å². The smallest absolute Gasteiger partial charge is 0.309 e. The van der Waals surface area contributed by atoms with Gasteiger partial charge in [0.1, 0.15) is 23.5 Å². The average molecular weight is 508 g/mol. The Labute approximate surface area is 208 Å². The second-order valence-corrected chi connectivity index (χ2v) is 10.5. The number of carbonyl (C=O) groups is 2. The van der Waals surface area contributed by atoms with E-state index in [1.54, 1.807) is 32.0 Å². The van der Waals surface area contributed by atoms with Gasteiger partial charge in [-0.15, -0.1) is 0 Å². The number of hydrogen-bond donors (Lipinski definition) is 2. The van der Waals surface area contributed by atoms with Crippen LogP contribution in [-0.4, -0.2) is 63.8 Å². The van der Waals surface area contributed by atoms with Gasteiger partial charge in [-0.2, -0.15) is 0 Å². The molecule has 9 nitrogen and oxygen atoms in total. The van der Waals surface area contributed by atoms with E-state index < -0.39 is 65.9 Å². The van der Waals surface area contributed by atoms with Crippen LogP contribution in [0.3, 0.4) is 0 Å². The fourth-order valence-corrected chi connectivity index (χ4v) is 4.77. The molecule has 0 radical (unpaired) electrons. The molecule has 2 aromatic rings. The van der Waals surface area contributed by atoms with Crippen molar-refractivity contribution < 1.29 is 42.8 Å². The second-order valence-electron chi connectivity index (χ2n) is 10.5. The van der Waals surface area contributed by atoms with Gasteiger partial charge in [-0.05, 0) is 24.6 Å². The molecule has 198 valence electrons. The van der Waals surface area contributed by atoms with Crippen LogP contribution in [0.1, 0.15) is 64.5 Å². The normalized spacial score (nSPS) is 36.3. The predicted molar refractivity (Wildman–Crippen MR) is 126 cm³/mol. The van der Waals surface area contributed by atoms with E-state index in [4.69, 9.17) is 18.6 Å². The minimum atomic E-state index is -1.95. The molecule has 0 aliphatic carbocycles. The van der Waals surface area contributed by atoms with Crippen molar-refractivity contribution in [2.75, 3.05) is 6.61 Å². The molecule has 2 aliphatic heterocycles. The number of aromatic nitrogens is 1. The highest BCUT2D eigenvalue weighted by molar-refractivity contribution is 5.88. The quantitative estimate of drug-likeness (QED) is 0.441. The molecule has 7 unspecified atom stereocenters. The Kier molecular flexibility index (Phi) is 7.27. The predicted octanol–water partition coefficient (Wildman–Crippen LogP) is 3.33. The topological polar surface area (TPSA) is 132 Å². The van der Waals surface area contributed by atoms with Crippen molar-refractivity contribution in [3.05, 3.63) is 29.7 Å². The van der Waals surface area contributed by atoms with Gasteiger partial charge in [0.05, 0.1) is 36.8 Å². The Bertz CT molecular complexity index is 1130. The number of hydrogen-bond acceptors (Lipinski definition) is 9. The molecule has 1 aromatic heterocycles. The van der Waals surface area contributed by atoms with Crippen molar-refractivity contribution >= 4 is 22.9 Å². The molecule has 0 spiro atoms. The Morgan fingerprint density at radius 2 is 1.89 bits per heavy atom. The zero-order valence-corrected chi connectivity index (χ0v) is 21.2. The summed E-state index contributed by atoms with van der Waals surface area (Å²) < 4.78 is 37.4. The minimum Gasteiger partial charge on any atom is -0.457 e. The van der Waals surface area contributed by atoms with Crippen LogP contribution in [0, 0.1) is 18.3 Å². The van der Waals surface area contributed by atoms with Crippen molar-refractivity contribution in [3.8, 4) is 0 Å². The van der Waals surface area contributed by atoms with Gasteiger partial charge in [0, 0.05) is 25.7 Å². The number of rotatable bonds is 1. The molecule has 7 atom stereocenters. The maximum atomic E-state index is 15.2. The molecule has 1 aromatic carbocycles. The first-order chi connectivity index (χ1) is 16.8. The lowest BCUT2D eigenvalue weighted by Crippen LogP contribution is -2.47. The van der Waals surface area contributed by atoms with E-state index in [1.165, 1.54) is 20.8 Å². The number of carbonyl (C=O) groups excluding carboxylic acids is 2. The van der Waals surface area contributed by atoms with Gasteiger partial charge < -0.3 is 28.8 Å². The summed E-state index contributed by atoms with van der Waals surface area (Å²) in [5.74, 6) is -3.53. The van der Waals surface area contributed by atoms with Crippen molar-refractivity contribution in [1.29, 1.82) is 0 Å². The first-order valence-electron chi connectivity index (χ1n) is 12.3. The number of halogens is 1. The highest BCUT2D eigenvalue weighted by atomic mass is 19.2. The summed E-state index contributed by atoms with van der Waals surface area (Å²) in [5.41, 5.74) is 0.375. The monoisotopic (exact) mass is 507 g/mol. The molecule has 4 rings (SSSR count). The zero-order valence-electron chi connectivity index (χ0n) is 21.2. The minimum absolute atomic E-state index is 0.0349. The molecule has 2 aliphatic rings. The molecule has 36 heavy (non-hydrogen) atoms. The summed E-state index contributed by atoms with van der Waals surface area (Å²) in [7, 11) is 0. The number of esters is 1. The summed E-state index contributed by atoms with van der Waals surface area (Å²) in [5, 5.41) is 21.4. The lowest BCUT2D eigenvalue weighted by molar-refractivity contribution is -0.157. The number of epoxide rings is 1. The molecule has 2 N–H and O–H groups in total. The lowest BCUT2D eigenvalue weighted by Gasteiger charge is -2.34. The van der Waals surface area contributed by atoms with Crippen LogP contribution < -0.4 is 0 Å². The molecular formula is C26H34FNO8. The van der Waals surface area contributed by atoms with Crippen LogP contribution in [0.25, 0.3) is 11.1 Å². The van der Waals surface area contributed by atoms with E-state index in [0.717, 1.165) is 0 Å². The molecule has 2 fully saturated rings. The van der Waals surface area contributed by atoms with Gasteiger partial charge in [0.15, 0.2) is 11.5 Å². The number of benzene rings is 1. The number of aliphatic hydroxyl groups is 2. The number of ketones is 1. The third-order valence-electron chi connectivity index (χ3n) is 7.41. The van der Waals surface area contributed by atoms with Crippen LogP contribution in [0.15, 0.2) is 22.6 Å². The number of oxazole rings is 1. The molecular weight excluding hydrogens is 473 g/mol. The van der Waals surface area contributed by atoms with Crippen molar-refractivity contribution in [3.63, 3.8) is 0 Å². The molecule has 2 saturated heterocycles. The van der Waals surface area contributed by atoms with Gasteiger partial charge in [-0.3, -0.25) is 9.59 Å². The number of Topliss-reactive ketones (excluding diaryl/α,β-unsaturated/α-hetero) is 1. The molecule has 0 saturated carbocycles. The lowest BCUT2D eigenvalue weighted by atomic mass is 9.74. The van der Waals surface area contributed by atoms with Crippen LogP contribution in [-0.2, 0) is 23.8 Å². The molecule has 10 heteroatoms. The standard InChI is InChI=1S/C26H34FNO8/c1-13-23(31)14(2)33-9-8-26(27)21(36-26)11-19(16-6-7-18-17(10-16)28-15(3)34-18)35-22(30)12-20(29)25(4,5)24(13)32/h6-7,10,13-14,19-21,23,29,31H,8-9,11-12H2,1-5H3. The summed E-state index contributed by atoms with van der Waals surface area (Å²) in [6, 6.07) is 5.12. The van der Waals surface area contributed by atoms with Gasteiger partial charge in [0.2, 0.25) is 5.85 Å². The van der Waals surface area contributed by atoms with Crippen LogP contribution in [0.4, 0.5) is 4.39 Å². The Morgan fingerprint density at radius 1 is 1.17 bits per heavy atom. The van der Waals surface area contributed by atoms with E-state index in [9.17, 15) is 19.8 Å². The first kappa shape index (κ1) is 26.7. The number of aryl methyl sites for hydroxylation is 1. The third-order valence-corrected chi connectivity index (χ3v) is 7.41. The number of fused-ring (bicyclic) bond motifs is 2. The number of aliphatic hydroxyl groups excluding tert-OH is 2. The maximum Gasteiger partial charge on any atom is 0.309 e. The summed E-state index contributed by atoms with van der Waals surface area (Å²) in [4.78, 5) is 30.3. The highest BCUT2D eigenvalue weighted by Gasteiger charge is 2.58. The molecule has 3 heterocycles. The van der Waals surface area contributed by atoms with Crippen LogP contribution in [0.5, 0.6) is 0 Å². The van der Waals surface area contributed by atoms with Crippen LogP contribution in [0.2, 0.25) is 0 Å². The Morgan fingerprint density at radius 3 is 2.61 bits per heavy atom. The van der Waals surface area contributed by atoms with Gasteiger partial charge in [-0.1, -0.05) is 26.8 Å². The Balaban J connectivity index is 1.61. The van der Waals surface area contributed by atoms with E-state index in [1.807, 2.05) is 0 Å². The first-order valence-corrected chi connectivity index (χ1v) is 12.3. The Hall–Kier alpha value is -2.40. The second kappa shape index (κ2) is 9.81. The van der Waals surface area contributed by atoms with Crippen molar-refractivity contribution in [1.82, 2.24) is 4.98 Å². The number of cyclic esters (lactones) is 1. The summed E-state index contributed by atoms with van der Waals surface area (Å²) in [6.45, 7) is 7.88.